The van der Waals surface area contributed by atoms with Crippen LogP contribution in [0.3, 0.4) is 0 Å². The van der Waals surface area contributed by atoms with E-state index in [0.29, 0.717) is 5.16 Å². The summed E-state index contributed by atoms with van der Waals surface area (Å²) in [6, 6.07) is 1.96. The summed E-state index contributed by atoms with van der Waals surface area (Å²) >= 11 is 0.974. The van der Waals surface area contributed by atoms with Crippen LogP contribution in [-0.2, 0) is 0 Å². The highest BCUT2D eigenvalue weighted by Gasteiger charge is 2.29. The molecule has 0 amide bonds. The van der Waals surface area contributed by atoms with Gasteiger partial charge in [-0.15, -0.1) is 5.10 Å². The van der Waals surface area contributed by atoms with Gasteiger partial charge in [-0.3, -0.25) is 4.57 Å². The van der Waals surface area contributed by atoms with Crippen LogP contribution in [0.1, 0.15) is 18.9 Å². The Hall–Kier alpha value is -1.83. The Labute approximate surface area is 110 Å². The van der Waals surface area contributed by atoms with Crippen LogP contribution in [0.4, 0.5) is 14.5 Å². The lowest BCUT2D eigenvalue weighted by Gasteiger charge is -2.07. The number of H-pyrrole nitrogens is 1. The Bertz CT molecular complexity index is 692. The average molecular weight is 284 g/mol. The van der Waals surface area contributed by atoms with Crippen molar-refractivity contribution in [3.63, 3.8) is 0 Å². The van der Waals surface area contributed by atoms with E-state index in [-0.39, 0.29) is 22.3 Å². The Morgan fingerprint density at radius 1 is 1.42 bits per heavy atom. The molecular weight excluding hydrogens is 274 g/mol. The predicted molar refractivity (Wildman–Crippen MR) is 66.0 cm³/mol. The molecule has 0 atom stereocenters. The zero-order chi connectivity index (χ0) is 13.6. The van der Waals surface area contributed by atoms with Crippen LogP contribution in [0.15, 0.2) is 27.0 Å². The number of halogens is 2. The van der Waals surface area contributed by atoms with Crippen LogP contribution < -0.4 is 11.4 Å². The summed E-state index contributed by atoms with van der Waals surface area (Å²) in [5.41, 5.74) is 5.09. The Morgan fingerprint density at radius 3 is 2.84 bits per heavy atom. The maximum Gasteiger partial charge on any atom is 0.344 e. The van der Waals surface area contributed by atoms with Gasteiger partial charge in [-0.1, -0.05) is 0 Å². The van der Waals surface area contributed by atoms with Gasteiger partial charge in [0.2, 0.25) is 0 Å². The summed E-state index contributed by atoms with van der Waals surface area (Å²) in [5, 5.41) is 6.56. The highest BCUT2D eigenvalue weighted by Crippen LogP contribution is 2.39. The minimum atomic E-state index is -0.821. The molecule has 0 radical (unpaired) electrons. The highest BCUT2D eigenvalue weighted by atomic mass is 32.2. The fourth-order valence-electron chi connectivity index (χ4n) is 1.76. The molecule has 1 aliphatic rings. The summed E-state index contributed by atoms with van der Waals surface area (Å²) in [6.45, 7) is 0. The SMILES string of the molecule is Nc1c(F)cc(F)cc1Sc1n[nH]c(=O)n1C1CC1. The number of nitrogens with two attached hydrogens (primary N) is 1. The van der Waals surface area contributed by atoms with E-state index in [4.69, 9.17) is 5.73 Å². The normalized spacial score (nSPS) is 14.8. The lowest BCUT2D eigenvalue weighted by Crippen LogP contribution is -2.16. The smallest absolute Gasteiger partial charge is 0.344 e. The predicted octanol–water partition coefficient (Wildman–Crippen LogP) is 1.92. The molecule has 0 bridgehead atoms. The van der Waals surface area contributed by atoms with Crippen LogP contribution in [0, 0.1) is 11.6 Å². The van der Waals surface area contributed by atoms with Gasteiger partial charge in [-0.05, 0) is 30.7 Å². The summed E-state index contributed by atoms with van der Waals surface area (Å²) in [5.74, 6) is -1.54. The fourth-order valence-corrected chi connectivity index (χ4v) is 2.76. The van der Waals surface area contributed by atoms with Gasteiger partial charge in [-0.25, -0.2) is 18.7 Å². The standard InChI is InChI=1S/C11H10F2N4OS/c12-5-3-7(13)9(14)8(4-5)19-11-16-15-10(18)17(11)6-1-2-6/h3-4,6H,1-2,14H2,(H,15,18). The van der Waals surface area contributed by atoms with Gasteiger partial charge in [0, 0.05) is 17.0 Å². The second-order valence-corrected chi connectivity index (χ2v) is 5.32. The first-order valence-electron chi connectivity index (χ1n) is 5.65. The number of hydrogen-bond donors (Lipinski definition) is 2. The molecule has 5 nitrogen and oxygen atoms in total. The third-order valence-electron chi connectivity index (χ3n) is 2.84. The number of anilines is 1. The molecule has 3 N–H and O–H groups in total. The monoisotopic (exact) mass is 284 g/mol. The van der Waals surface area contributed by atoms with Crippen molar-refractivity contribution in [2.45, 2.75) is 28.9 Å². The molecule has 19 heavy (non-hydrogen) atoms. The Balaban J connectivity index is 2.00. The molecule has 2 aromatic rings. The molecule has 0 unspecified atom stereocenters. The highest BCUT2D eigenvalue weighted by molar-refractivity contribution is 7.99. The first-order chi connectivity index (χ1) is 9.06. The van der Waals surface area contributed by atoms with E-state index in [1.54, 1.807) is 0 Å². The second kappa shape index (κ2) is 4.37. The van der Waals surface area contributed by atoms with Crippen LogP contribution >= 0.6 is 11.8 Å². The largest absolute Gasteiger partial charge is 0.395 e. The lowest BCUT2D eigenvalue weighted by atomic mass is 10.3. The molecule has 1 aliphatic carbocycles. The molecule has 1 heterocycles. The van der Waals surface area contributed by atoms with Crippen molar-refractivity contribution in [2.24, 2.45) is 0 Å². The maximum atomic E-state index is 13.3. The third kappa shape index (κ3) is 2.23. The molecule has 1 saturated carbocycles. The van der Waals surface area contributed by atoms with E-state index in [1.807, 2.05) is 0 Å². The molecule has 1 aromatic carbocycles. The number of benzene rings is 1. The van der Waals surface area contributed by atoms with Gasteiger partial charge in [0.1, 0.15) is 11.6 Å². The minimum absolute atomic E-state index is 0.119. The molecule has 100 valence electrons. The van der Waals surface area contributed by atoms with Gasteiger partial charge in [0.15, 0.2) is 5.16 Å². The zero-order valence-corrected chi connectivity index (χ0v) is 10.5. The van der Waals surface area contributed by atoms with E-state index in [9.17, 15) is 13.6 Å². The number of nitrogens with zero attached hydrogens (tertiary/aromatic N) is 2. The number of rotatable bonds is 3. The fraction of sp³-hybridized carbons (Fsp3) is 0.273. The van der Waals surface area contributed by atoms with Crippen molar-refractivity contribution in [2.75, 3.05) is 5.73 Å². The van der Waals surface area contributed by atoms with Gasteiger partial charge in [0.25, 0.3) is 0 Å². The number of nitrogens with one attached hydrogen (secondary N) is 1. The summed E-state index contributed by atoms with van der Waals surface area (Å²) < 4.78 is 28.0. The van der Waals surface area contributed by atoms with E-state index in [2.05, 4.69) is 10.2 Å². The average Bonchev–Trinajstić information content (AvgIpc) is 3.11. The second-order valence-electron chi connectivity index (χ2n) is 4.31. The maximum absolute atomic E-state index is 13.3. The summed E-state index contributed by atoms with van der Waals surface area (Å²) in [6.07, 6.45) is 1.81. The molecule has 1 aromatic heterocycles. The third-order valence-corrected chi connectivity index (χ3v) is 3.87. The molecule has 3 rings (SSSR count). The molecule has 8 heteroatoms. The van der Waals surface area contributed by atoms with Gasteiger partial charge >= 0.3 is 5.69 Å². The molecule has 0 aliphatic heterocycles. The molecule has 0 spiro atoms. The van der Waals surface area contributed by atoms with Crippen molar-refractivity contribution < 1.29 is 8.78 Å². The van der Waals surface area contributed by atoms with Crippen molar-refractivity contribution in [3.8, 4) is 0 Å². The molecular formula is C11H10F2N4OS. The summed E-state index contributed by atoms with van der Waals surface area (Å²) in [7, 11) is 0. The van der Waals surface area contributed by atoms with Crippen molar-refractivity contribution in [1.29, 1.82) is 0 Å². The number of aromatic amines is 1. The van der Waals surface area contributed by atoms with E-state index >= 15 is 0 Å². The summed E-state index contributed by atoms with van der Waals surface area (Å²) in [4.78, 5) is 11.8. The molecule has 0 saturated heterocycles. The van der Waals surface area contributed by atoms with Crippen LogP contribution in [0.2, 0.25) is 0 Å². The number of hydrogen-bond acceptors (Lipinski definition) is 4. The van der Waals surface area contributed by atoms with Crippen LogP contribution in [0.25, 0.3) is 0 Å². The zero-order valence-electron chi connectivity index (χ0n) is 9.69. The van der Waals surface area contributed by atoms with E-state index in [0.717, 1.165) is 36.7 Å². The minimum Gasteiger partial charge on any atom is -0.395 e. The number of aromatic nitrogens is 3. The number of nitrogen functional groups attached to an aromatic ring is 1. The van der Waals surface area contributed by atoms with E-state index < -0.39 is 11.6 Å². The van der Waals surface area contributed by atoms with Crippen molar-refractivity contribution in [1.82, 2.24) is 14.8 Å². The lowest BCUT2D eigenvalue weighted by molar-refractivity contribution is 0.581. The molecule has 1 fully saturated rings. The van der Waals surface area contributed by atoms with E-state index in [1.165, 1.54) is 4.57 Å². The van der Waals surface area contributed by atoms with Crippen molar-refractivity contribution in [3.05, 3.63) is 34.3 Å². The Kier molecular flexibility index (Phi) is 2.81. The van der Waals surface area contributed by atoms with Crippen LogP contribution in [0.5, 0.6) is 0 Å². The Morgan fingerprint density at radius 2 is 2.16 bits per heavy atom. The quantitative estimate of drug-likeness (QED) is 0.844. The topological polar surface area (TPSA) is 76.7 Å². The first-order valence-corrected chi connectivity index (χ1v) is 6.47. The van der Waals surface area contributed by atoms with Crippen LogP contribution in [-0.4, -0.2) is 14.8 Å². The van der Waals surface area contributed by atoms with Gasteiger partial charge in [-0.2, -0.15) is 0 Å². The first kappa shape index (κ1) is 12.2. The van der Waals surface area contributed by atoms with Gasteiger partial charge < -0.3 is 5.73 Å². The van der Waals surface area contributed by atoms with Gasteiger partial charge in [0.05, 0.1) is 5.69 Å². The van der Waals surface area contributed by atoms with Crippen molar-refractivity contribution >= 4 is 17.4 Å².